The van der Waals surface area contributed by atoms with Gasteiger partial charge in [-0.05, 0) is 25.7 Å². The highest BCUT2D eigenvalue weighted by molar-refractivity contribution is 4.97. The van der Waals surface area contributed by atoms with Gasteiger partial charge in [-0.2, -0.15) is 0 Å². The molecule has 0 aromatic carbocycles. The van der Waals surface area contributed by atoms with Crippen molar-refractivity contribution in [2.24, 2.45) is 0 Å². The van der Waals surface area contributed by atoms with Gasteiger partial charge in [-0.1, -0.05) is 226 Å². The summed E-state index contributed by atoms with van der Waals surface area (Å²) in [7, 11) is 0. The van der Waals surface area contributed by atoms with Crippen LogP contribution in [0.5, 0.6) is 0 Å². The van der Waals surface area contributed by atoms with Crippen LogP contribution >= 0.6 is 0 Å². The first-order valence-electron chi connectivity index (χ1n) is 22.0. The summed E-state index contributed by atoms with van der Waals surface area (Å²) >= 11 is 0. The van der Waals surface area contributed by atoms with Crippen LogP contribution in [-0.4, -0.2) is 29.1 Å². The van der Waals surface area contributed by atoms with E-state index in [2.05, 4.69) is 43.0 Å². The molecule has 2 nitrogen and oxygen atoms in total. The molecule has 1 atom stereocenters. The molecule has 0 aliphatic carbocycles. The van der Waals surface area contributed by atoms with Crippen molar-refractivity contribution in [3.05, 3.63) is 12.4 Å². The molecule has 0 fully saturated rings. The summed E-state index contributed by atoms with van der Waals surface area (Å²) in [4.78, 5) is 5.42. The summed E-state index contributed by atoms with van der Waals surface area (Å²) in [5.41, 5.74) is 0. The van der Waals surface area contributed by atoms with Gasteiger partial charge < -0.3 is 9.80 Å². The van der Waals surface area contributed by atoms with Gasteiger partial charge in [0.2, 0.25) is 0 Å². The first kappa shape index (κ1) is 43.4. The van der Waals surface area contributed by atoms with E-state index in [0.717, 1.165) is 0 Å². The number of rotatable bonds is 38. The molecule has 0 spiro atoms. The summed E-state index contributed by atoms with van der Waals surface area (Å²) in [6.07, 6.45) is 57.4. The third-order valence-corrected chi connectivity index (χ3v) is 10.8. The Morgan fingerprint density at radius 3 is 0.761 bits per heavy atom. The Morgan fingerprint density at radius 1 is 0.283 bits per heavy atom. The predicted octanol–water partition coefficient (Wildman–Crippen LogP) is 15.5. The second-order valence-corrected chi connectivity index (χ2v) is 15.4. The molecular formula is C44H88N2. The normalized spacial score (nSPS) is 14.7. The molecular weight excluding hydrogens is 556 g/mol. The molecule has 1 rings (SSSR count). The van der Waals surface area contributed by atoms with Gasteiger partial charge >= 0.3 is 0 Å². The second-order valence-electron chi connectivity index (χ2n) is 15.4. The van der Waals surface area contributed by atoms with Gasteiger partial charge in [0.15, 0.2) is 0 Å². The minimum atomic E-state index is 0.639. The quantitative estimate of drug-likeness (QED) is 0.0617. The predicted molar refractivity (Wildman–Crippen MR) is 210 cm³/mol. The lowest BCUT2D eigenvalue weighted by Crippen LogP contribution is -2.39. The molecule has 0 N–H and O–H groups in total. The van der Waals surface area contributed by atoms with E-state index in [4.69, 9.17) is 0 Å². The molecule has 1 heterocycles. The maximum absolute atomic E-state index is 2.71. The fraction of sp³-hybridized carbons (Fsp3) is 0.955. The first-order chi connectivity index (χ1) is 22.8. The summed E-state index contributed by atoms with van der Waals surface area (Å²) < 4.78 is 0. The van der Waals surface area contributed by atoms with E-state index < -0.39 is 0 Å². The summed E-state index contributed by atoms with van der Waals surface area (Å²) in [6.45, 7) is 9.49. The lowest BCUT2D eigenvalue weighted by molar-refractivity contribution is 0.135. The van der Waals surface area contributed by atoms with Crippen LogP contribution in [0.25, 0.3) is 0 Å². The minimum Gasteiger partial charge on any atom is -0.356 e. The fourth-order valence-electron chi connectivity index (χ4n) is 7.60. The van der Waals surface area contributed by atoms with E-state index in [1.165, 1.54) is 244 Å². The molecule has 1 aliphatic rings. The number of hydrogen-bond acceptors (Lipinski definition) is 2. The monoisotopic (exact) mass is 645 g/mol. The topological polar surface area (TPSA) is 6.48 Å². The lowest BCUT2D eigenvalue weighted by atomic mass is 10.0. The summed E-state index contributed by atoms with van der Waals surface area (Å²) in [5.74, 6) is 0. The molecule has 1 unspecified atom stereocenters. The van der Waals surface area contributed by atoms with Crippen LogP contribution in [-0.2, 0) is 0 Å². The van der Waals surface area contributed by atoms with Crippen LogP contribution in [0, 0.1) is 0 Å². The fourth-order valence-corrected chi connectivity index (χ4v) is 7.60. The Balaban J connectivity index is 2.04. The highest BCUT2D eigenvalue weighted by atomic mass is 15.4. The van der Waals surface area contributed by atoms with Crippen LogP contribution in [0.4, 0.5) is 0 Å². The molecule has 46 heavy (non-hydrogen) atoms. The zero-order chi connectivity index (χ0) is 33.0. The van der Waals surface area contributed by atoms with Crippen LogP contribution in [0.2, 0.25) is 0 Å². The number of hydrogen-bond donors (Lipinski definition) is 0. The average molecular weight is 645 g/mol. The molecule has 274 valence electrons. The van der Waals surface area contributed by atoms with Crippen molar-refractivity contribution < 1.29 is 0 Å². The highest BCUT2D eigenvalue weighted by Gasteiger charge is 2.24. The Bertz CT molecular complexity index is 601. The molecule has 1 aliphatic heterocycles. The highest BCUT2D eigenvalue weighted by Crippen LogP contribution is 2.24. The van der Waals surface area contributed by atoms with E-state index in [9.17, 15) is 0 Å². The summed E-state index contributed by atoms with van der Waals surface area (Å²) in [6, 6.07) is 0. The van der Waals surface area contributed by atoms with E-state index in [1.54, 1.807) is 0 Å². The molecule has 2 heteroatoms. The summed E-state index contributed by atoms with van der Waals surface area (Å²) in [5, 5.41) is 0. The van der Waals surface area contributed by atoms with E-state index in [-0.39, 0.29) is 0 Å². The molecule has 0 saturated carbocycles. The Hall–Kier alpha value is -0.660. The lowest BCUT2D eigenvalue weighted by Gasteiger charge is -2.33. The van der Waals surface area contributed by atoms with Crippen molar-refractivity contribution in [3.8, 4) is 0 Å². The van der Waals surface area contributed by atoms with Crippen LogP contribution < -0.4 is 0 Å². The van der Waals surface area contributed by atoms with Crippen molar-refractivity contribution >= 4 is 0 Å². The zero-order valence-corrected chi connectivity index (χ0v) is 32.5. The number of unbranched alkanes of at least 4 members (excludes halogenated alkanes) is 32. The zero-order valence-electron chi connectivity index (χ0n) is 32.5. The van der Waals surface area contributed by atoms with Crippen LogP contribution in [0.3, 0.4) is 0 Å². The molecule has 0 radical (unpaired) electrons. The number of nitrogens with zero attached hydrogens (tertiary/aromatic N) is 2. The third-order valence-electron chi connectivity index (χ3n) is 10.8. The standard InChI is InChI=1S/C44H88N2/c1-4-7-10-13-15-17-19-21-23-24-25-27-29-31-33-35-38-41-46-43-42-45(44(46)39-36-12-9-6-3)40-37-34-32-30-28-26-22-20-18-16-14-11-8-5-2/h42-44H,4-41H2,1-3H3. The van der Waals surface area contributed by atoms with Gasteiger partial charge in [0.25, 0.3) is 0 Å². The SMILES string of the molecule is CCCCCCCCCCCCCCCCCCCN1C=CN(CCCCCCCCCCCCCCCC)C1CCCCCC. The molecule has 0 aromatic heterocycles. The van der Waals surface area contributed by atoms with Gasteiger partial charge in [0, 0.05) is 25.5 Å². The maximum Gasteiger partial charge on any atom is 0.101 e. The Kier molecular flexibility index (Phi) is 33.6. The Morgan fingerprint density at radius 2 is 0.500 bits per heavy atom. The maximum atomic E-state index is 2.71. The first-order valence-corrected chi connectivity index (χ1v) is 22.0. The average Bonchev–Trinajstić information content (AvgIpc) is 3.45. The van der Waals surface area contributed by atoms with Crippen molar-refractivity contribution in [1.82, 2.24) is 9.80 Å². The van der Waals surface area contributed by atoms with Gasteiger partial charge in [0.1, 0.15) is 6.17 Å². The van der Waals surface area contributed by atoms with Gasteiger partial charge in [-0.25, -0.2) is 0 Å². The third kappa shape index (κ3) is 27.3. The Labute approximate surface area is 292 Å². The smallest absolute Gasteiger partial charge is 0.101 e. The van der Waals surface area contributed by atoms with E-state index >= 15 is 0 Å². The van der Waals surface area contributed by atoms with Gasteiger partial charge in [0.05, 0.1) is 0 Å². The van der Waals surface area contributed by atoms with Crippen molar-refractivity contribution in [1.29, 1.82) is 0 Å². The molecule has 0 saturated heterocycles. The molecule has 0 bridgehead atoms. The van der Waals surface area contributed by atoms with Crippen LogP contribution in [0.15, 0.2) is 12.4 Å². The second kappa shape index (κ2) is 35.6. The largest absolute Gasteiger partial charge is 0.356 e. The minimum absolute atomic E-state index is 0.639. The van der Waals surface area contributed by atoms with Crippen molar-refractivity contribution in [2.75, 3.05) is 13.1 Å². The van der Waals surface area contributed by atoms with Gasteiger partial charge in [-0.15, -0.1) is 0 Å². The van der Waals surface area contributed by atoms with Crippen molar-refractivity contribution in [2.45, 2.75) is 258 Å². The van der Waals surface area contributed by atoms with E-state index in [0.29, 0.717) is 6.17 Å². The molecule has 0 aromatic rings. The molecule has 0 amide bonds. The van der Waals surface area contributed by atoms with Gasteiger partial charge in [-0.3, -0.25) is 0 Å². The van der Waals surface area contributed by atoms with Crippen molar-refractivity contribution in [3.63, 3.8) is 0 Å². The van der Waals surface area contributed by atoms with E-state index in [1.807, 2.05) is 0 Å². The van der Waals surface area contributed by atoms with Crippen LogP contribution in [0.1, 0.15) is 252 Å².